The molecule has 0 spiro atoms. The second kappa shape index (κ2) is 8.62. The van der Waals surface area contributed by atoms with Crippen molar-refractivity contribution in [1.82, 2.24) is 4.98 Å². The normalized spacial score (nSPS) is 14.2. The Hall–Kier alpha value is -1.95. The van der Waals surface area contributed by atoms with Crippen molar-refractivity contribution in [3.05, 3.63) is 47.7 Å². The molecule has 1 aromatic heterocycles. The monoisotopic (exact) mass is 377 g/mol. The van der Waals surface area contributed by atoms with Crippen LogP contribution in [0.15, 0.2) is 35.5 Å². The van der Waals surface area contributed by atoms with Crippen LogP contribution in [0.4, 0.5) is 8.78 Å². The molecule has 1 saturated carbocycles. The largest absolute Gasteiger partial charge is 0.481 e. The zero-order valence-corrected chi connectivity index (χ0v) is 15.2. The fourth-order valence-electron chi connectivity index (χ4n) is 2.93. The van der Waals surface area contributed by atoms with Gasteiger partial charge in [0, 0.05) is 29.0 Å². The van der Waals surface area contributed by atoms with Gasteiger partial charge in [-0.25, -0.2) is 13.8 Å². The quantitative estimate of drug-likeness (QED) is 0.620. The highest BCUT2D eigenvalue weighted by Crippen LogP contribution is 2.40. The van der Waals surface area contributed by atoms with Gasteiger partial charge in [0.1, 0.15) is 16.7 Å². The Labute approximate surface area is 155 Å². The lowest BCUT2D eigenvalue weighted by Crippen LogP contribution is -2.13. The van der Waals surface area contributed by atoms with Gasteiger partial charge in [0.15, 0.2) is 0 Å². The maximum Gasteiger partial charge on any atom is 0.303 e. The van der Waals surface area contributed by atoms with Crippen LogP contribution in [0.1, 0.15) is 44.1 Å². The molecule has 2 aromatic rings. The molecule has 3 rings (SSSR count). The molecule has 3 nitrogen and oxygen atoms in total. The number of aliphatic carboxylic acids is 1. The van der Waals surface area contributed by atoms with Crippen molar-refractivity contribution >= 4 is 17.7 Å². The number of unbranched alkanes of at least 4 members (excludes halogenated alkanes) is 1. The minimum atomic E-state index is -0.894. The molecular formula is C20H21F2NO2S. The summed E-state index contributed by atoms with van der Waals surface area (Å²) in [4.78, 5) is 14.9. The highest BCUT2D eigenvalue weighted by Gasteiger charge is 2.21. The van der Waals surface area contributed by atoms with Gasteiger partial charge in [-0.2, -0.15) is 0 Å². The summed E-state index contributed by atoms with van der Waals surface area (Å²) in [5.74, 6) is -2.06. The number of benzene rings is 1. The SMILES string of the molecule is O=C(O)CCCCc1c(F)cc(-c2cccnc2SC2CCC2)cc1F. The van der Waals surface area contributed by atoms with E-state index in [0.717, 1.165) is 23.4 Å². The minimum absolute atomic E-state index is 0.0127. The Kier molecular flexibility index (Phi) is 6.25. The first kappa shape index (κ1) is 18.8. The van der Waals surface area contributed by atoms with Crippen LogP contribution < -0.4 is 0 Å². The molecule has 1 fully saturated rings. The molecule has 0 radical (unpaired) electrons. The summed E-state index contributed by atoms with van der Waals surface area (Å²) >= 11 is 1.68. The highest BCUT2D eigenvalue weighted by atomic mass is 32.2. The molecule has 1 aliphatic carbocycles. The number of aromatic nitrogens is 1. The summed E-state index contributed by atoms with van der Waals surface area (Å²) in [6.45, 7) is 0. The summed E-state index contributed by atoms with van der Waals surface area (Å²) in [6, 6.07) is 6.33. The molecule has 1 heterocycles. The smallest absolute Gasteiger partial charge is 0.303 e. The second-order valence-electron chi connectivity index (χ2n) is 6.55. The van der Waals surface area contributed by atoms with Gasteiger partial charge in [-0.05, 0) is 55.9 Å². The number of carboxylic acids is 1. The van der Waals surface area contributed by atoms with E-state index in [-0.39, 0.29) is 18.4 Å². The Morgan fingerprint density at radius 1 is 1.23 bits per heavy atom. The molecule has 0 bridgehead atoms. The van der Waals surface area contributed by atoms with Crippen LogP contribution in [-0.4, -0.2) is 21.3 Å². The molecule has 138 valence electrons. The summed E-state index contributed by atoms with van der Waals surface area (Å²) < 4.78 is 28.9. The maximum absolute atomic E-state index is 14.5. The van der Waals surface area contributed by atoms with Gasteiger partial charge in [0.25, 0.3) is 0 Å². The van der Waals surface area contributed by atoms with Crippen LogP contribution in [-0.2, 0) is 11.2 Å². The molecule has 0 aliphatic heterocycles. The van der Waals surface area contributed by atoms with E-state index in [0.29, 0.717) is 23.7 Å². The van der Waals surface area contributed by atoms with Crippen LogP contribution in [0.2, 0.25) is 0 Å². The predicted octanol–water partition coefficient (Wildman–Crippen LogP) is 5.47. The Morgan fingerprint density at radius 2 is 1.96 bits per heavy atom. The first-order valence-electron chi connectivity index (χ1n) is 8.86. The molecule has 1 aliphatic rings. The molecular weight excluding hydrogens is 356 g/mol. The van der Waals surface area contributed by atoms with E-state index in [1.165, 1.54) is 18.6 Å². The molecule has 1 aromatic carbocycles. The van der Waals surface area contributed by atoms with Crippen molar-refractivity contribution in [1.29, 1.82) is 0 Å². The van der Waals surface area contributed by atoms with Crippen LogP contribution in [0.5, 0.6) is 0 Å². The molecule has 6 heteroatoms. The zero-order valence-electron chi connectivity index (χ0n) is 14.4. The minimum Gasteiger partial charge on any atom is -0.481 e. The van der Waals surface area contributed by atoms with Crippen LogP contribution in [0.25, 0.3) is 11.1 Å². The first-order valence-corrected chi connectivity index (χ1v) is 9.74. The molecule has 0 atom stereocenters. The van der Waals surface area contributed by atoms with E-state index in [1.807, 2.05) is 6.07 Å². The summed E-state index contributed by atoms with van der Waals surface area (Å²) in [6.07, 6.45) is 6.28. The fraction of sp³-hybridized carbons (Fsp3) is 0.400. The lowest BCUT2D eigenvalue weighted by Gasteiger charge is -2.25. The average molecular weight is 377 g/mol. The van der Waals surface area contributed by atoms with E-state index in [1.54, 1.807) is 24.0 Å². The number of hydrogen-bond donors (Lipinski definition) is 1. The number of nitrogens with zero attached hydrogens (tertiary/aromatic N) is 1. The van der Waals surface area contributed by atoms with Crippen molar-refractivity contribution < 1.29 is 18.7 Å². The number of carbonyl (C=O) groups is 1. The van der Waals surface area contributed by atoms with Crippen molar-refractivity contribution in [2.45, 2.75) is 55.2 Å². The topological polar surface area (TPSA) is 50.2 Å². The number of halogens is 2. The maximum atomic E-state index is 14.5. The van der Waals surface area contributed by atoms with E-state index in [4.69, 9.17) is 5.11 Å². The molecule has 0 amide bonds. The molecule has 26 heavy (non-hydrogen) atoms. The van der Waals surface area contributed by atoms with Gasteiger partial charge in [-0.1, -0.05) is 12.5 Å². The van der Waals surface area contributed by atoms with Crippen molar-refractivity contribution in [3.8, 4) is 11.1 Å². The number of rotatable bonds is 8. The van der Waals surface area contributed by atoms with E-state index >= 15 is 0 Å². The standard InChI is InChI=1S/C20H21F2NO2S/c21-17-11-13(12-18(22)16(17)7-1-2-9-19(24)25)15-8-4-10-23-20(15)26-14-5-3-6-14/h4,8,10-12,14H,1-3,5-7,9H2,(H,24,25). The van der Waals surface area contributed by atoms with Gasteiger partial charge in [-0.15, -0.1) is 11.8 Å². The third-order valence-corrected chi connectivity index (χ3v) is 5.97. The van der Waals surface area contributed by atoms with Crippen molar-refractivity contribution in [2.75, 3.05) is 0 Å². The number of thioether (sulfide) groups is 1. The van der Waals surface area contributed by atoms with Crippen LogP contribution >= 0.6 is 11.8 Å². The number of pyridine rings is 1. The molecule has 0 unspecified atom stereocenters. The molecule has 0 saturated heterocycles. The lowest BCUT2D eigenvalue weighted by atomic mass is 10.00. The Balaban J connectivity index is 1.78. The van der Waals surface area contributed by atoms with Gasteiger partial charge in [-0.3, -0.25) is 4.79 Å². The van der Waals surface area contributed by atoms with Gasteiger partial charge >= 0.3 is 5.97 Å². The van der Waals surface area contributed by atoms with Crippen LogP contribution in [0.3, 0.4) is 0 Å². The third-order valence-electron chi connectivity index (χ3n) is 4.62. The molecule has 1 N–H and O–H groups in total. The van der Waals surface area contributed by atoms with E-state index < -0.39 is 17.6 Å². The van der Waals surface area contributed by atoms with Crippen molar-refractivity contribution in [2.24, 2.45) is 0 Å². The predicted molar refractivity (Wildman–Crippen MR) is 98.3 cm³/mol. The second-order valence-corrected chi connectivity index (χ2v) is 7.84. The summed E-state index contributed by atoms with van der Waals surface area (Å²) in [5.41, 5.74) is 1.26. The fourth-order valence-corrected chi connectivity index (χ4v) is 4.25. The highest BCUT2D eigenvalue weighted by molar-refractivity contribution is 8.00. The van der Waals surface area contributed by atoms with E-state index in [9.17, 15) is 13.6 Å². The van der Waals surface area contributed by atoms with Crippen molar-refractivity contribution in [3.63, 3.8) is 0 Å². The first-order chi connectivity index (χ1) is 12.5. The third kappa shape index (κ3) is 4.61. The number of hydrogen-bond acceptors (Lipinski definition) is 3. The number of carboxylic acid groups (broad SMARTS) is 1. The summed E-state index contributed by atoms with van der Waals surface area (Å²) in [7, 11) is 0. The van der Waals surface area contributed by atoms with E-state index in [2.05, 4.69) is 4.98 Å². The Bertz CT molecular complexity index is 770. The van der Waals surface area contributed by atoms with Gasteiger partial charge in [0.05, 0.1) is 0 Å². The lowest BCUT2D eigenvalue weighted by molar-refractivity contribution is -0.137. The van der Waals surface area contributed by atoms with Gasteiger partial charge in [0.2, 0.25) is 0 Å². The zero-order chi connectivity index (χ0) is 18.5. The average Bonchev–Trinajstić information content (AvgIpc) is 2.56. The van der Waals surface area contributed by atoms with Crippen LogP contribution in [0, 0.1) is 11.6 Å². The summed E-state index contributed by atoms with van der Waals surface area (Å²) in [5, 5.41) is 9.98. The van der Waals surface area contributed by atoms with Gasteiger partial charge < -0.3 is 5.11 Å². The Morgan fingerprint density at radius 3 is 2.58 bits per heavy atom.